The van der Waals surface area contributed by atoms with Crippen LogP contribution in [0.25, 0.3) is 0 Å². The summed E-state index contributed by atoms with van der Waals surface area (Å²) in [7, 11) is 0. The molecule has 4 rings (SSSR count). The Morgan fingerprint density at radius 2 is 2.00 bits per heavy atom. The first-order valence-electron chi connectivity index (χ1n) is 8.21. The molecular formula is C20H19NO2. The highest BCUT2D eigenvalue weighted by molar-refractivity contribution is 6.05. The number of benzene rings is 1. The molecule has 1 saturated carbocycles. The minimum absolute atomic E-state index is 0.0601. The van der Waals surface area contributed by atoms with E-state index < -0.39 is 0 Å². The summed E-state index contributed by atoms with van der Waals surface area (Å²) in [5.41, 5.74) is 5.68. The number of allylic oxidation sites excluding steroid dienone is 3. The lowest BCUT2D eigenvalue weighted by Gasteiger charge is -2.36. The van der Waals surface area contributed by atoms with Crippen LogP contribution >= 0.6 is 0 Å². The molecule has 1 heterocycles. The van der Waals surface area contributed by atoms with Crippen molar-refractivity contribution in [2.24, 2.45) is 16.3 Å². The Hall–Kier alpha value is -2.38. The van der Waals surface area contributed by atoms with Crippen molar-refractivity contribution in [3.8, 4) is 0 Å². The van der Waals surface area contributed by atoms with Gasteiger partial charge in [-0.2, -0.15) is 0 Å². The topological polar surface area (TPSA) is 49.7 Å². The molecule has 0 radical (unpaired) electrons. The molecule has 2 aliphatic carbocycles. The summed E-state index contributed by atoms with van der Waals surface area (Å²) in [6.45, 7) is 0. The predicted octanol–water partition coefficient (Wildman–Crippen LogP) is 4.17. The van der Waals surface area contributed by atoms with Gasteiger partial charge in [0.25, 0.3) is 0 Å². The van der Waals surface area contributed by atoms with E-state index in [4.69, 9.17) is 0 Å². The average Bonchev–Trinajstić information content (AvgIpc) is 2.72. The number of nitrogens with zero attached hydrogens (tertiary/aromatic N) is 1. The van der Waals surface area contributed by atoms with Crippen molar-refractivity contribution >= 4 is 12.0 Å². The molecule has 3 aliphatic rings. The predicted molar refractivity (Wildman–Crippen MR) is 89.7 cm³/mol. The summed E-state index contributed by atoms with van der Waals surface area (Å²) in [5.74, 6) is 0.756. The molecule has 1 N–H and O–H groups in total. The van der Waals surface area contributed by atoms with Gasteiger partial charge < -0.3 is 5.11 Å². The van der Waals surface area contributed by atoms with Gasteiger partial charge in [0, 0.05) is 22.6 Å². The Balaban J connectivity index is 1.51. The Bertz CT molecular complexity index is 786. The molecule has 3 heteroatoms. The third-order valence-electron chi connectivity index (χ3n) is 5.45. The Morgan fingerprint density at radius 3 is 2.78 bits per heavy atom. The van der Waals surface area contributed by atoms with E-state index in [1.165, 1.54) is 11.8 Å². The summed E-state index contributed by atoms with van der Waals surface area (Å²) in [5, 5.41) is 9.45. The second kappa shape index (κ2) is 5.36. The molecule has 1 fully saturated rings. The lowest BCUT2D eigenvalue weighted by Crippen LogP contribution is -2.33. The van der Waals surface area contributed by atoms with E-state index in [2.05, 4.69) is 16.8 Å². The van der Waals surface area contributed by atoms with Gasteiger partial charge in [-0.3, -0.25) is 9.79 Å². The number of aliphatic imine (C=N–C) groups is 1. The Morgan fingerprint density at radius 1 is 1.22 bits per heavy atom. The van der Waals surface area contributed by atoms with Crippen LogP contribution < -0.4 is 0 Å². The van der Waals surface area contributed by atoms with Gasteiger partial charge in [0.05, 0.1) is 6.21 Å². The third kappa shape index (κ3) is 2.38. The molecule has 1 spiro atoms. The highest BCUT2D eigenvalue weighted by atomic mass is 16.3. The number of Topliss-reactive ketones (excluding diaryl/α,β-unsaturated/α-hetero) is 1. The molecule has 23 heavy (non-hydrogen) atoms. The molecule has 0 unspecified atom stereocenters. The maximum atomic E-state index is 12.9. The van der Waals surface area contributed by atoms with Crippen molar-refractivity contribution in [3.63, 3.8) is 0 Å². The van der Waals surface area contributed by atoms with Gasteiger partial charge in [-0.25, -0.2) is 0 Å². The van der Waals surface area contributed by atoms with Crippen LogP contribution in [-0.4, -0.2) is 17.1 Å². The molecule has 3 nitrogen and oxygen atoms in total. The number of ketones is 1. The largest absolute Gasteiger partial charge is 0.500 e. The van der Waals surface area contributed by atoms with Crippen LogP contribution in [0.1, 0.15) is 41.6 Å². The molecule has 0 amide bonds. The van der Waals surface area contributed by atoms with Crippen molar-refractivity contribution in [2.45, 2.75) is 32.1 Å². The fraction of sp³-hybridized carbons (Fsp3) is 0.350. The van der Waals surface area contributed by atoms with Crippen molar-refractivity contribution in [3.05, 3.63) is 64.7 Å². The van der Waals surface area contributed by atoms with E-state index >= 15 is 0 Å². The standard InChI is InChI=1S/C20H19NO2/c22-16-5-3-7-18(21-13-16)14-8-10-20(11-9-14)12-15-4-1-2-6-17(15)19(20)23/h1-4,6-7,13-14,22H,8-12H2. The van der Waals surface area contributed by atoms with Gasteiger partial charge in [-0.1, -0.05) is 30.0 Å². The smallest absolute Gasteiger partial charge is 0.178 e. The minimum Gasteiger partial charge on any atom is -0.500 e. The molecule has 116 valence electrons. The summed E-state index contributed by atoms with van der Waals surface area (Å²) < 4.78 is 0. The van der Waals surface area contributed by atoms with Crippen molar-refractivity contribution in [1.82, 2.24) is 0 Å². The lowest BCUT2D eigenvalue weighted by atomic mass is 9.67. The van der Waals surface area contributed by atoms with Crippen LogP contribution in [0.2, 0.25) is 0 Å². The number of hydrogen-bond donors (Lipinski definition) is 1. The number of aliphatic hydroxyl groups is 1. The van der Waals surface area contributed by atoms with Crippen LogP contribution in [0.3, 0.4) is 0 Å². The number of carbonyl (C=O) groups excluding carboxylic acids is 1. The number of carbonyl (C=O) groups is 1. The molecular weight excluding hydrogens is 286 g/mol. The first-order chi connectivity index (χ1) is 11.2. The molecule has 0 aromatic heterocycles. The number of hydrogen-bond acceptors (Lipinski definition) is 3. The summed E-state index contributed by atoms with van der Waals surface area (Å²) in [6, 6.07) is 8.03. The lowest BCUT2D eigenvalue weighted by molar-refractivity contribution is 0.0720. The quantitative estimate of drug-likeness (QED) is 0.792. The first-order valence-corrected chi connectivity index (χ1v) is 8.21. The van der Waals surface area contributed by atoms with Gasteiger partial charge in [0.1, 0.15) is 0 Å². The van der Waals surface area contributed by atoms with E-state index in [1.54, 1.807) is 6.08 Å². The Labute approximate surface area is 135 Å². The van der Waals surface area contributed by atoms with E-state index in [0.717, 1.165) is 43.4 Å². The fourth-order valence-electron chi connectivity index (χ4n) is 4.17. The van der Waals surface area contributed by atoms with Crippen molar-refractivity contribution < 1.29 is 9.90 Å². The minimum atomic E-state index is -0.189. The van der Waals surface area contributed by atoms with E-state index in [-0.39, 0.29) is 11.2 Å². The first kappa shape index (κ1) is 14.2. The summed E-state index contributed by atoms with van der Waals surface area (Å²) in [4.78, 5) is 17.2. The number of aliphatic hydroxyl groups excluding tert-OH is 1. The molecule has 1 aliphatic heterocycles. The molecule has 0 atom stereocenters. The summed E-state index contributed by atoms with van der Waals surface area (Å²) >= 11 is 0. The van der Waals surface area contributed by atoms with Crippen LogP contribution in [-0.2, 0) is 6.42 Å². The molecule has 1 aromatic rings. The maximum absolute atomic E-state index is 12.9. The SMILES string of the molecule is O=C1c2ccccc2CC12CCC(C1=CC=C=C(O)C=N1)CC2. The highest BCUT2D eigenvalue weighted by Gasteiger charge is 2.47. The van der Waals surface area contributed by atoms with Crippen LogP contribution in [0.15, 0.2) is 58.6 Å². The van der Waals surface area contributed by atoms with Gasteiger partial charge in [0.15, 0.2) is 11.5 Å². The third-order valence-corrected chi connectivity index (χ3v) is 5.45. The summed E-state index contributed by atoms with van der Waals surface area (Å²) in [6.07, 6.45) is 9.76. The second-order valence-corrected chi connectivity index (χ2v) is 6.76. The van der Waals surface area contributed by atoms with Crippen LogP contribution in [0.4, 0.5) is 0 Å². The van der Waals surface area contributed by atoms with Gasteiger partial charge in [-0.05, 0) is 49.8 Å². The van der Waals surface area contributed by atoms with E-state index in [0.29, 0.717) is 11.7 Å². The number of rotatable bonds is 1. The second-order valence-electron chi connectivity index (χ2n) is 6.76. The Kier molecular flexibility index (Phi) is 3.32. The molecule has 0 saturated heterocycles. The van der Waals surface area contributed by atoms with Gasteiger partial charge >= 0.3 is 0 Å². The monoisotopic (exact) mass is 305 g/mol. The zero-order valence-corrected chi connectivity index (χ0v) is 13.0. The van der Waals surface area contributed by atoms with E-state index in [9.17, 15) is 9.90 Å². The van der Waals surface area contributed by atoms with Crippen molar-refractivity contribution in [1.29, 1.82) is 0 Å². The normalized spacial score (nSPS) is 29.2. The molecule has 0 bridgehead atoms. The van der Waals surface area contributed by atoms with Gasteiger partial charge in [0.2, 0.25) is 0 Å². The van der Waals surface area contributed by atoms with E-state index in [1.807, 2.05) is 24.3 Å². The highest BCUT2D eigenvalue weighted by Crippen LogP contribution is 2.49. The van der Waals surface area contributed by atoms with Crippen molar-refractivity contribution in [2.75, 3.05) is 0 Å². The van der Waals surface area contributed by atoms with Gasteiger partial charge in [-0.15, -0.1) is 0 Å². The zero-order chi connectivity index (χ0) is 15.9. The van der Waals surface area contributed by atoms with Crippen LogP contribution in [0.5, 0.6) is 0 Å². The zero-order valence-electron chi connectivity index (χ0n) is 13.0. The van der Waals surface area contributed by atoms with Crippen LogP contribution in [0, 0.1) is 11.3 Å². The molecule has 1 aromatic carbocycles. The fourth-order valence-corrected chi connectivity index (χ4v) is 4.17. The number of fused-ring (bicyclic) bond motifs is 1. The average molecular weight is 305 g/mol. The maximum Gasteiger partial charge on any atom is 0.178 e.